The first kappa shape index (κ1) is 13.9. The number of halogens is 2. The third-order valence-corrected chi connectivity index (χ3v) is 3.35. The summed E-state index contributed by atoms with van der Waals surface area (Å²) in [6.07, 6.45) is 0.819. The van der Waals surface area contributed by atoms with Gasteiger partial charge >= 0.3 is 0 Å². The van der Waals surface area contributed by atoms with Crippen LogP contribution in [0.15, 0.2) is 42.5 Å². The van der Waals surface area contributed by atoms with E-state index in [1.807, 2.05) is 42.3 Å². The number of nitrogens with zero attached hydrogens (tertiary/aromatic N) is 1. The van der Waals surface area contributed by atoms with Gasteiger partial charge in [-0.1, -0.05) is 35.3 Å². The number of anilines is 1. The number of carbonyl (C=O) groups is 1. The van der Waals surface area contributed by atoms with Crippen molar-refractivity contribution in [2.24, 2.45) is 0 Å². The van der Waals surface area contributed by atoms with Crippen LogP contribution in [0.2, 0.25) is 10.0 Å². The van der Waals surface area contributed by atoms with Crippen LogP contribution in [0.1, 0.15) is 15.9 Å². The van der Waals surface area contributed by atoms with Gasteiger partial charge in [0.1, 0.15) is 0 Å². The second-order valence-corrected chi connectivity index (χ2v) is 5.18. The van der Waals surface area contributed by atoms with Gasteiger partial charge in [0.25, 0.3) is 0 Å². The zero-order chi connectivity index (χ0) is 13.8. The van der Waals surface area contributed by atoms with Gasteiger partial charge in [-0.15, -0.1) is 0 Å². The highest BCUT2D eigenvalue weighted by Crippen LogP contribution is 2.23. The van der Waals surface area contributed by atoms with Crippen molar-refractivity contribution in [1.82, 2.24) is 0 Å². The summed E-state index contributed by atoms with van der Waals surface area (Å²) in [6, 6.07) is 12.9. The van der Waals surface area contributed by atoms with Crippen LogP contribution < -0.4 is 4.90 Å². The molecule has 0 fully saturated rings. The molecule has 2 aromatic rings. The van der Waals surface area contributed by atoms with E-state index in [0.717, 1.165) is 17.5 Å². The van der Waals surface area contributed by atoms with Crippen LogP contribution >= 0.6 is 23.2 Å². The first-order valence-electron chi connectivity index (χ1n) is 5.80. The molecule has 0 radical (unpaired) electrons. The monoisotopic (exact) mass is 293 g/mol. The minimum atomic E-state index is 0.561. The summed E-state index contributed by atoms with van der Waals surface area (Å²) in [4.78, 5) is 13.1. The smallest absolute Gasteiger partial charge is 0.152 e. The molecular weight excluding hydrogens is 281 g/mol. The van der Waals surface area contributed by atoms with Gasteiger partial charge in [0.05, 0.1) is 0 Å². The van der Waals surface area contributed by atoms with Crippen LogP contribution in [0.5, 0.6) is 0 Å². The fourth-order valence-corrected chi connectivity index (χ4v) is 2.22. The van der Waals surface area contributed by atoms with E-state index in [4.69, 9.17) is 23.2 Å². The van der Waals surface area contributed by atoms with Gasteiger partial charge in [-0.25, -0.2) is 0 Å². The van der Waals surface area contributed by atoms with E-state index in [9.17, 15) is 4.79 Å². The highest BCUT2D eigenvalue weighted by atomic mass is 35.5. The summed E-state index contributed by atoms with van der Waals surface area (Å²) < 4.78 is 0. The number of carbonyl (C=O) groups excluding carboxylic acids is 1. The Morgan fingerprint density at radius 2 is 1.68 bits per heavy atom. The molecule has 0 saturated carbocycles. The van der Waals surface area contributed by atoms with E-state index in [1.54, 1.807) is 12.1 Å². The van der Waals surface area contributed by atoms with Crippen LogP contribution in [0, 0.1) is 0 Å². The fraction of sp³-hybridized carbons (Fsp3) is 0.133. The maximum absolute atomic E-state index is 11.1. The highest BCUT2D eigenvalue weighted by Gasteiger charge is 2.08. The second-order valence-electron chi connectivity index (χ2n) is 4.30. The Kier molecular flexibility index (Phi) is 4.46. The largest absolute Gasteiger partial charge is 0.370 e. The number of benzene rings is 2. The predicted octanol–water partition coefficient (Wildman–Crippen LogP) is 4.44. The summed E-state index contributed by atoms with van der Waals surface area (Å²) in [5, 5.41) is 1.28. The van der Waals surface area contributed by atoms with Crippen LogP contribution in [-0.2, 0) is 6.54 Å². The van der Waals surface area contributed by atoms with Crippen molar-refractivity contribution in [2.75, 3.05) is 11.9 Å². The number of hydrogen-bond donors (Lipinski definition) is 0. The molecular formula is C15H13Cl2NO. The van der Waals surface area contributed by atoms with Crippen molar-refractivity contribution in [2.45, 2.75) is 6.54 Å². The third-order valence-electron chi connectivity index (χ3n) is 2.86. The Hall–Kier alpha value is -1.51. The SMILES string of the molecule is CN(Cc1ccc(Cl)cc1)c1ccc(Cl)cc1C=O. The van der Waals surface area contributed by atoms with Crippen LogP contribution in [-0.4, -0.2) is 13.3 Å². The van der Waals surface area contributed by atoms with Crippen molar-refractivity contribution < 1.29 is 4.79 Å². The van der Waals surface area contributed by atoms with Gasteiger partial charge in [-0.2, -0.15) is 0 Å². The molecule has 4 heteroatoms. The van der Waals surface area contributed by atoms with Crippen molar-refractivity contribution in [3.8, 4) is 0 Å². The molecule has 2 aromatic carbocycles. The lowest BCUT2D eigenvalue weighted by molar-refractivity contribution is 0.112. The molecule has 0 heterocycles. The van der Waals surface area contributed by atoms with Crippen LogP contribution in [0.25, 0.3) is 0 Å². The zero-order valence-corrected chi connectivity index (χ0v) is 11.9. The molecule has 2 nitrogen and oxygen atoms in total. The maximum Gasteiger partial charge on any atom is 0.152 e. The number of rotatable bonds is 4. The lowest BCUT2D eigenvalue weighted by atomic mass is 10.1. The first-order valence-corrected chi connectivity index (χ1v) is 6.56. The minimum Gasteiger partial charge on any atom is -0.370 e. The molecule has 0 unspecified atom stereocenters. The molecule has 19 heavy (non-hydrogen) atoms. The fourth-order valence-electron chi connectivity index (χ4n) is 1.92. The standard InChI is InChI=1S/C15H13Cl2NO/c1-18(9-11-2-4-13(16)5-3-11)15-7-6-14(17)8-12(15)10-19/h2-8,10H,9H2,1H3. The zero-order valence-electron chi connectivity index (χ0n) is 10.4. The molecule has 0 N–H and O–H groups in total. The van der Waals surface area contributed by atoms with Crippen molar-refractivity contribution >= 4 is 35.2 Å². The lowest BCUT2D eigenvalue weighted by Crippen LogP contribution is -2.17. The first-order chi connectivity index (χ1) is 9.10. The molecule has 0 aliphatic carbocycles. The van der Waals surface area contributed by atoms with Crippen LogP contribution in [0.3, 0.4) is 0 Å². The molecule has 0 aliphatic heterocycles. The van der Waals surface area contributed by atoms with Gasteiger partial charge in [-0.05, 0) is 35.9 Å². The molecule has 98 valence electrons. The van der Waals surface area contributed by atoms with Crippen molar-refractivity contribution in [3.05, 3.63) is 63.6 Å². The molecule has 0 spiro atoms. The Morgan fingerprint density at radius 1 is 1.05 bits per heavy atom. The molecule has 0 amide bonds. The number of aldehydes is 1. The molecule has 2 rings (SSSR count). The van der Waals surface area contributed by atoms with Gasteiger partial charge in [-0.3, -0.25) is 4.79 Å². The molecule has 0 saturated heterocycles. The average Bonchev–Trinajstić information content (AvgIpc) is 2.41. The summed E-state index contributed by atoms with van der Waals surface area (Å²) >= 11 is 11.7. The topological polar surface area (TPSA) is 20.3 Å². The van der Waals surface area contributed by atoms with E-state index in [-0.39, 0.29) is 0 Å². The summed E-state index contributed by atoms with van der Waals surface area (Å²) in [5.41, 5.74) is 2.57. The molecule has 0 aliphatic rings. The maximum atomic E-state index is 11.1. The Labute approximate surface area is 122 Å². The third kappa shape index (κ3) is 3.49. The van der Waals surface area contributed by atoms with Gasteiger partial charge < -0.3 is 4.90 Å². The van der Waals surface area contributed by atoms with Gasteiger partial charge in [0, 0.05) is 34.9 Å². The van der Waals surface area contributed by atoms with E-state index >= 15 is 0 Å². The number of hydrogen-bond acceptors (Lipinski definition) is 2. The average molecular weight is 294 g/mol. The molecule has 0 bridgehead atoms. The highest BCUT2D eigenvalue weighted by molar-refractivity contribution is 6.31. The summed E-state index contributed by atoms with van der Waals surface area (Å²) in [6.45, 7) is 0.694. The van der Waals surface area contributed by atoms with Crippen molar-refractivity contribution in [1.29, 1.82) is 0 Å². The summed E-state index contributed by atoms with van der Waals surface area (Å²) in [7, 11) is 1.94. The Bertz CT molecular complexity index is 581. The van der Waals surface area contributed by atoms with Crippen molar-refractivity contribution in [3.63, 3.8) is 0 Å². The van der Waals surface area contributed by atoms with E-state index in [2.05, 4.69) is 0 Å². The van der Waals surface area contributed by atoms with Crippen LogP contribution in [0.4, 0.5) is 5.69 Å². The molecule has 0 aromatic heterocycles. The van der Waals surface area contributed by atoms with Gasteiger partial charge in [0.15, 0.2) is 6.29 Å². The predicted molar refractivity (Wildman–Crippen MR) is 80.4 cm³/mol. The van der Waals surface area contributed by atoms with E-state index in [0.29, 0.717) is 22.2 Å². The Balaban J connectivity index is 2.22. The molecule has 0 atom stereocenters. The van der Waals surface area contributed by atoms with Gasteiger partial charge in [0.2, 0.25) is 0 Å². The normalized spacial score (nSPS) is 10.3. The summed E-state index contributed by atoms with van der Waals surface area (Å²) in [5.74, 6) is 0. The minimum absolute atomic E-state index is 0.561. The van der Waals surface area contributed by atoms with E-state index < -0.39 is 0 Å². The Morgan fingerprint density at radius 3 is 2.32 bits per heavy atom. The quantitative estimate of drug-likeness (QED) is 0.777. The second kappa shape index (κ2) is 6.09. The van der Waals surface area contributed by atoms with E-state index in [1.165, 1.54) is 0 Å². The lowest BCUT2D eigenvalue weighted by Gasteiger charge is -2.21.